The van der Waals surface area contributed by atoms with E-state index in [0.717, 1.165) is 37.4 Å². The fourth-order valence-electron chi connectivity index (χ4n) is 4.41. The quantitative estimate of drug-likeness (QED) is 0.711. The second kappa shape index (κ2) is 9.25. The Hall–Kier alpha value is -2.04. The summed E-state index contributed by atoms with van der Waals surface area (Å²) in [5.41, 5.74) is 1.38. The summed E-state index contributed by atoms with van der Waals surface area (Å²) in [4.78, 5) is 26.9. The van der Waals surface area contributed by atoms with Crippen molar-refractivity contribution in [3.05, 3.63) is 29.3 Å². The molecule has 1 heterocycles. The molecule has 1 unspecified atom stereocenters. The van der Waals surface area contributed by atoms with Crippen molar-refractivity contribution in [3.8, 4) is 5.75 Å². The molecular weight excluding hydrogens is 342 g/mol. The van der Waals surface area contributed by atoms with Gasteiger partial charge in [0.05, 0.1) is 25.7 Å². The van der Waals surface area contributed by atoms with E-state index in [-0.39, 0.29) is 18.3 Å². The maximum Gasteiger partial charge on any atom is 0.310 e. The minimum Gasteiger partial charge on any atom is -0.496 e. The molecule has 1 aromatic carbocycles. The zero-order chi connectivity index (χ0) is 19.2. The van der Waals surface area contributed by atoms with Gasteiger partial charge in [0.15, 0.2) is 0 Å². The van der Waals surface area contributed by atoms with E-state index in [1.807, 2.05) is 17.9 Å². The molecule has 0 bridgehead atoms. The number of methoxy groups -OCH3 is 1. The molecule has 5 heteroatoms. The Morgan fingerprint density at radius 2 is 1.93 bits per heavy atom. The molecule has 27 heavy (non-hydrogen) atoms. The third-order valence-corrected chi connectivity index (χ3v) is 5.89. The van der Waals surface area contributed by atoms with Crippen molar-refractivity contribution in [3.63, 3.8) is 0 Å². The molecule has 2 fully saturated rings. The van der Waals surface area contributed by atoms with Crippen molar-refractivity contribution in [1.82, 2.24) is 4.90 Å². The number of amides is 1. The number of piperidine rings is 1. The van der Waals surface area contributed by atoms with Gasteiger partial charge >= 0.3 is 5.97 Å². The van der Waals surface area contributed by atoms with E-state index in [0.29, 0.717) is 23.8 Å². The van der Waals surface area contributed by atoms with Gasteiger partial charge in [-0.25, -0.2) is 0 Å². The van der Waals surface area contributed by atoms with Gasteiger partial charge in [-0.05, 0) is 48.8 Å². The Morgan fingerprint density at radius 3 is 2.67 bits per heavy atom. The fourth-order valence-corrected chi connectivity index (χ4v) is 4.41. The summed E-state index contributed by atoms with van der Waals surface area (Å²) in [5, 5.41) is 0. The van der Waals surface area contributed by atoms with Crippen molar-refractivity contribution < 1.29 is 19.1 Å². The predicted molar refractivity (Wildman–Crippen MR) is 104 cm³/mol. The first-order valence-electron chi connectivity index (χ1n) is 10.2. The van der Waals surface area contributed by atoms with Crippen LogP contribution in [-0.2, 0) is 16.0 Å². The summed E-state index contributed by atoms with van der Waals surface area (Å²) < 4.78 is 10.6. The topological polar surface area (TPSA) is 55.8 Å². The Bertz CT molecular complexity index is 672. The van der Waals surface area contributed by atoms with E-state index in [1.54, 1.807) is 19.2 Å². The summed E-state index contributed by atoms with van der Waals surface area (Å²) >= 11 is 0. The fraction of sp³-hybridized carbons (Fsp3) is 0.636. The van der Waals surface area contributed by atoms with Crippen molar-refractivity contribution >= 4 is 11.9 Å². The number of carbonyl (C=O) groups excluding carboxylic acids is 2. The van der Waals surface area contributed by atoms with Gasteiger partial charge in [-0.15, -0.1) is 0 Å². The number of esters is 1. The molecule has 5 nitrogen and oxygen atoms in total. The normalized spacial score (nSPS) is 22.1. The van der Waals surface area contributed by atoms with E-state index in [9.17, 15) is 9.59 Å². The Labute approximate surface area is 162 Å². The molecule has 1 aliphatic heterocycles. The maximum atomic E-state index is 13.1. The third-order valence-electron chi connectivity index (χ3n) is 5.89. The standard InChI is InChI=1S/C22H31NO4/c1-3-12-27-21(24)14-16-8-9-19(20(13-16)26-2)22(25)23-11-10-17-6-4-5-7-18(17)15-23/h8-9,13,17-18H,3-7,10-12,14-15H2,1-2H3/t17-,18?/m1/s1. The molecule has 1 saturated carbocycles. The van der Waals surface area contributed by atoms with Crippen LogP contribution in [0.5, 0.6) is 5.75 Å². The lowest BCUT2D eigenvalue weighted by atomic mass is 9.75. The first-order chi connectivity index (χ1) is 13.1. The number of ether oxygens (including phenoxy) is 2. The average molecular weight is 373 g/mol. The van der Waals surface area contributed by atoms with Gasteiger partial charge in [0.1, 0.15) is 5.75 Å². The largest absolute Gasteiger partial charge is 0.496 e. The highest BCUT2D eigenvalue weighted by Gasteiger charge is 2.33. The van der Waals surface area contributed by atoms with Gasteiger partial charge < -0.3 is 14.4 Å². The van der Waals surface area contributed by atoms with Gasteiger partial charge in [-0.3, -0.25) is 9.59 Å². The van der Waals surface area contributed by atoms with E-state index in [4.69, 9.17) is 9.47 Å². The van der Waals surface area contributed by atoms with E-state index in [1.165, 1.54) is 25.7 Å². The monoisotopic (exact) mass is 373 g/mol. The first kappa shape index (κ1) is 19.7. The van der Waals surface area contributed by atoms with E-state index < -0.39 is 0 Å². The Morgan fingerprint density at radius 1 is 1.15 bits per heavy atom. The van der Waals surface area contributed by atoms with Crippen LogP contribution >= 0.6 is 0 Å². The van der Waals surface area contributed by atoms with Crippen LogP contribution in [0.1, 0.15) is 61.4 Å². The van der Waals surface area contributed by atoms with Gasteiger partial charge in [0.25, 0.3) is 5.91 Å². The first-order valence-corrected chi connectivity index (χ1v) is 10.2. The zero-order valence-corrected chi connectivity index (χ0v) is 16.5. The maximum absolute atomic E-state index is 13.1. The third kappa shape index (κ3) is 4.82. The molecule has 1 amide bonds. The molecule has 0 spiro atoms. The van der Waals surface area contributed by atoms with Crippen LogP contribution in [0.3, 0.4) is 0 Å². The highest BCUT2D eigenvalue weighted by atomic mass is 16.5. The average Bonchev–Trinajstić information content (AvgIpc) is 2.71. The van der Waals surface area contributed by atoms with Crippen LogP contribution < -0.4 is 4.74 Å². The minimum absolute atomic E-state index is 0.0379. The Kier molecular flexibility index (Phi) is 6.75. The summed E-state index contributed by atoms with van der Waals surface area (Å²) in [6.45, 7) is 4.09. The number of benzene rings is 1. The van der Waals surface area contributed by atoms with Crippen molar-refractivity contribution in [2.75, 3.05) is 26.8 Å². The zero-order valence-electron chi connectivity index (χ0n) is 16.5. The molecule has 3 rings (SSSR count). The van der Waals surface area contributed by atoms with Crippen LogP contribution in [0.2, 0.25) is 0 Å². The molecule has 1 aliphatic carbocycles. The lowest BCUT2D eigenvalue weighted by Gasteiger charge is -2.41. The smallest absolute Gasteiger partial charge is 0.310 e. The number of carbonyl (C=O) groups is 2. The lowest BCUT2D eigenvalue weighted by molar-refractivity contribution is -0.142. The van der Waals surface area contributed by atoms with E-state index >= 15 is 0 Å². The summed E-state index contributed by atoms with van der Waals surface area (Å²) in [6.07, 6.45) is 7.29. The molecule has 1 saturated heterocycles. The number of likely N-dealkylation sites (tertiary alicyclic amines) is 1. The molecule has 1 aromatic rings. The second-order valence-electron chi connectivity index (χ2n) is 7.78. The number of rotatable bonds is 6. The molecule has 0 aromatic heterocycles. The number of nitrogens with zero attached hydrogens (tertiary/aromatic N) is 1. The van der Waals surface area contributed by atoms with Crippen LogP contribution in [0.4, 0.5) is 0 Å². The van der Waals surface area contributed by atoms with Crippen LogP contribution in [0, 0.1) is 11.8 Å². The molecule has 0 radical (unpaired) electrons. The summed E-state index contributed by atoms with van der Waals surface area (Å²) in [7, 11) is 1.57. The highest BCUT2D eigenvalue weighted by molar-refractivity contribution is 5.97. The molecule has 2 aliphatic rings. The molecule has 0 N–H and O–H groups in total. The number of fused-ring (bicyclic) bond motifs is 1. The van der Waals surface area contributed by atoms with Crippen molar-refractivity contribution in [2.24, 2.45) is 11.8 Å². The number of hydrogen-bond donors (Lipinski definition) is 0. The highest BCUT2D eigenvalue weighted by Crippen LogP contribution is 2.37. The van der Waals surface area contributed by atoms with Crippen LogP contribution in [0.15, 0.2) is 18.2 Å². The van der Waals surface area contributed by atoms with Gasteiger partial charge in [0.2, 0.25) is 0 Å². The second-order valence-corrected chi connectivity index (χ2v) is 7.78. The van der Waals surface area contributed by atoms with Gasteiger partial charge in [0, 0.05) is 13.1 Å². The Balaban J connectivity index is 1.68. The molecule has 2 atom stereocenters. The molecule has 148 valence electrons. The van der Waals surface area contributed by atoms with E-state index in [2.05, 4.69) is 0 Å². The molecular formula is C22H31NO4. The summed E-state index contributed by atoms with van der Waals surface area (Å²) in [6, 6.07) is 5.40. The minimum atomic E-state index is -0.252. The van der Waals surface area contributed by atoms with Crippen LogP contribution in [-0.4, -0.2) is 43.6 Å². The summed E-state index contributed by atoms with van der Waals surface area (Å²) in [5.74, 6) is 1.76. The predicted octanol–water partition coefficient (Wildman–Crippen LogP) is 3.84. The van der Waals surface area contributed by atoms with Gasteiger partial charge in [-0.2, -0.15) is 0 Å². The lowest BCUT2D eigenvalue weighted by Crippen LogP contribution is -2.44. The van der Waals surface area contributed by atoms with Crippen LogP contribution in [0.25, 0.3) is 0 Å². The SMILES string of the molecule is CCCOC(=O)Cc1ccc(C(=O)N2CC[C@H]3CCCCC3C2)c(OC)c1. The number of hydrogen-bond acceptors (Lipinski definition) is 4. The van der Waals surface area contributed by atoms with Crippen molar-refractivity contribution in [2.45, 2.75) is 51.9 Å². The van der Waals surface area contributed by atoms with Crippen molar-refractivity contribution in [1.29, 1.82) is 0 Å². The van der Waals surface area contributed by atoms with Gasteiger partial charge in [-0.1, -0.05) is 32.3 Å².